The van der Waals surface area contributed by atoms with Gasteiger partial charge in [-0.3, -0.25) is 9.69 Å². The van der Waals surface area contributed by atoms with Gasteiger partial charge in [-0.1, -0.05) is 29.8 Å². The molecule has 0 heterocycles. The fraction of sp³-hybridized carbons (Fsp3) is 0.562. The Balaban J connectivity index is 1.94. The molecule has 1 saturated carbocycles. The number of unbranched alkanes of at least 4 members (excludes halogenated alkanes) is 1. The second-order valence-corrected chi connectivity index (χ2v) is 5.92. The van der Waals surface area contributed by atoms with Crippen LogP contribution in [0.15, 0.2) is 24.3 Å². The van der Waals surface area contributed by atoms with Crippen LogP contribution in [0, 0.1) is 0 Å². The molecule has 0 spiro atoms. The second-order valence-electron chi connectivity index (χ2n) is 5.52. The van der Waals surface area contributed by atoms with E-state index in [2.05, 4.69) is 17.9 Å². The van der Waals surface area contributed by atoms with Crippen LogP contribution in [0.1, 0.15) is 50.6 Å². The zero-order valence-electron chi connectivity index (χ0n) is 11.9. The number of benzene rings is 1. The lowest BCUT2D eigenvalue weighted by atomic mass is 10.1. The highest BCUT2D eigenvalue weighted by Gasteiger charge is 2.32. The molecule has 0 radical (unpaired) electrons. The van der Waals surface area contributed by atoms with Gasteiger partial charge >= 0.3 is 5.97 Å². The van der Waals surface area contributed by atoms with E-state index < -0.39 is 5.97 Å². The molecule has 1 aromatic rings. The minimum Gasteiger partial charge on any atom is -0.481 e. The molecule has 0 saturated heterocycles. The Morgan fingerprint density at radius 1 is 1.40 bits per heavy atom. The molecule has 1 fully saturated rings. The summed E-state index contributed by atoms with van der Waals surface area (Å²) in [6.45, 7) is 3.14. The lowest BCUT2D eigenvalue weighted by molar-refractivity contribution is -0.137. The minimum atomic E-state index is -0.706. The van der Waals surface area contributed by atoms with E-state index in [1.54, 1.807) is 0 Å². The van der Waals surface area contributed by atoms with Crippen LogP contribution in [0.3, 0.4) is 0 Å². The molecule has 0 bridgehead atoms. The van der Waals surface area contributed by atoms with Gasteiger partial charge < -0.3 is 5.11 Å². The highest BCUT2D eigenvalue weighted by atomic mass is 35.5. The van der Waals surface area contributed by atoms with Crippen molar-refractivity contribution >= 4 is 17.6 Å². The highest BCUT2D eigenvalue weighted by molar-refractivity contribution is 6.31. The van der Waals surface area contributed by atoms with Crippen molar-refractivity contribution in [3.63, 3.8) is 0 Å². The van der Waals surface area contributed by atoms with Crippen LogP contribution >= 0.6 is 11.6 Å². The summed E-state index contributed by atoms with van der Waals surface area (Å²) in [7, 11) is 0. The molecule has 1 aliphatic rings. The van der Waals surface area contributed by atoms with Crippen molar-refractivity contribution in [2.45, 2.75) is 51.1 Å². The van der Waals surface area contributed by atoms with Crippen molar-refractivity contribution in [1.82, 2.24) is 4.90 Å². The SMILES string of the molecule is CC(c1ccccc1Cl)N(CCCCC(=O)O)C1CC1. The van der Waals surface area contributed by atoms with Crippen LogP contribution in [0.4, 0.5) is 0 Å². The average molecular weight is 296 g/mol. The van der Waals surface area contributed by atoms with Gasteiger partial charge in [-0.2, -0.15) is 0 Å². The van der Waals surface area contributed by atoms with Gasteiger partial charge in [0.2, 0.25) is 0 Å². The molecule has 1 unspecified atom stereocenters. The van der Waals surface area contributed by atoms with Crippen molar-refractivity contribution in [1.29, 1.82) is 0 Å². The van der Waals surface area contributed by atoms with Crippen molar-refractivity contribution in [2.24, 2.45) is 0 Å². The van der Waals surface area contributed by atoms with Gasteiger partial charge in [-0.05, 0) is 50.8 Å². The Kier molecular flexibility index (Phi) is 5.44. The smallest absolute Gasteiger partial charge is 0.303 e. The molecule has 110 valence electrons. The Hall–Kier alpha value is -1.06. The molecular weight excluding hydrogens is 274 g/mol. The summed E-state index contributed by atoms with van der Waals surface area (Å²) < 4.78 is 0. The molecule has 0 amide bonds. The highest BCUT2D eigenvalue weighted by Crippen LogP contribution is 2.36. The first-order valence-electron chi connectivity index (χ1n) is 7.31. The first-order chi connectivity index (χ1) is 9.59. The van der Waals surface area contributed by atoms with Gasteiger partial charge in [0.15, 0.2) is 0 Å². The lowest BCUT2D eigenvalue weighted by Gasteiger charge is -2.30. The van der Waals surface area contributed by atoms with Gasteiger partial charge in [0.1, 0.15) is 0 Å². The maximum absolute atomic E-state index is 10.6. The number of hydrogen-bond donors (Lipinski definition) is 1. The first kappa shape index (κ1) is 15.3. The quantitative estimate of drug-likeness (QED) is 0.733. The van der Waals surface area contributed by atoms with Gasteiger partial charge in [0, 0.05) is 23.5 Å². The van der Waals surface area contributed by atoms with Gasteiger partial charge in [0.05, 0.1) is 0 Å². The molecule has 4 heteroatoms. The monoisotopic (exact) mass is 295 g/mol. The molecule has 1 N–H and O–H groups in total. The second kappa shape index (κ2) is 7.09. The fourth-order valence-corrected chi connectivity index (χ4v) is 2.96. The fourth-order valence-electron chi connectivity index (χ4n) is 2.66. The van der Waals surface area contributed by atoms with Crippen molar-refractivity contribution < 1.29 is 9.90 Å². The Bertz CT molecular complexity index is 460. The Morgan fingerprint density at radius 3 is 2.70 bits per heavy atom. The molecule has 1 atom stereocenters. The standard InChI is InChI=1S/C16H22ClNO2/c1-12(14-6-2-3-7-15(14)17)18(13-9-10-13)11-5-4-8-16(19)20/h2-3,6-7,12-13H,4-5,8-11H2,1H3,(H,19,20). The lowest BCUT2D eigenvalue weighted by Crippen LogP contribution is -2.30. The van der Waals surface area contributed by atoms with E-state index in [1.807, 2.05) is 18.2 Å². The van der Waals surface area contributed by atoms with Gasteiger partial charge in [-0.25, -0.2) is 0 Å². The normalized spacial score (nSPS) is 16.4. The molecule has 1 aromatic carbocycles. The van der Waals surface area contributed by atoms with E-state index in [0.717, 1.165) is 24.4 Å². The molecule has 3 nitrogen and oxygen atoms in total. The maximum atomic E-state index is 10.6. The largest absolute Gasteiger partial charge is 0.481 e. The predicted octanol–water partition coefficient (Wildman–Crippen LogP) is 4.12. The number of nitrogens with zero attached hydrogens (tertiary/aromatic N) is 1. The molecule has 2 rings (SSSR count). The zero-order valence-corrected chi connectivity index (χ0v) is 12.6. The summed E-state index contributed by atoms with van der Waals surface area (Å²) >= 11 is 6.29. The summed E-state index contributed by atoms with van der Waals surface area (Å²) in [5, 5.41) is 9.51. The summed E-state index contributed by atoms with van der Waals surface area (Å²) in [5.41, 5.74) is 1.17. The summed E-state index contributed by atoms with van der Waals surface area (Å²) in [6.07, 6.45) is 4.42. The summed E-state index contributed by atoms with van der Waals surface area (Å²) in [4.78, 5) is 13.0. The number of carboxylic acids is 1. The molecular formula is C16H22ClNO2. The van der Waals surface area contributed by atoms with Crippen LogP contribution < -0.4 is 0 Å². The van der Waals surface area contributed by atoms with E-state index in [4.69, 9.17) is 16.7 Å². The number of hydrogen-bond acceptors (Lipinski definition) is 2. The van der Waals surface area contributed by atoms with Crippen LogP contribution in [-0.2, 0) is 4.79 Å². The van der Waals surface area contributed by atoms with E-state index in [0.29, 0.717) is 12.1 Å². The van der Waals surface area contributed by atoms with Crippen LogP contribution in [0.5, 0.6) is 0 Å². The molecule has 1 aliphatic carbocycles. The number of carbonyl (C=O) groups is 1. The molecule has 0 aliphatic heterocycles. The third-order valence-corrected chi connectivity index (χ3v) is 4.27. The maximum Gasteiger partial charge on any atom is 0.303 e. The van der Waals surface area contributed by atoms with Crippen molar-refractivity contribution in [2.75, 3.05) is 6.54 Å². The van der Waals surface area contributed by atoms with Crippen LogP contribution in [0.2, 0.25) is 5.02 Å². The minimum absolute atomic E-state index is 0.263. The van der Waals surface area contributed by atoms with Gasteiger partial charge in [0.25, 0.3) is 0 Å². The van der Waals surface area contributed by atoms with E-state index in [9.17, 15) is 4.79 Å². The number of carboxylic acid groups (broad SMARTS) is 1. The zero-order chi connectivity index (χ0) is 14.5. The van der Waals surface area contributed by atoms with E-state index in [1.165, 1.54) is 18.4 Å². The topological polar surface area (TPSA) is 40.5 Å². The van der Waals surface area contributed by atoms with E-state index in [-0.39, 0.29) is 6.42 Å². The third-order valence-electron chi connectivity index (χ3n) is 3.93. The van der Waals surface area contributed by atoms with Gasteiger partial charge in [-0.15, -0.1) is 0 Å². The van der Waals surface area contributed by atoms with Crippen molar-refractivity contribution in [3.8, 4) is 0 Å². The third kappa shape index (κ3) is 4.22. The average Bonchev–Trinajstić information content (AvgIpc) is 3.23. The Morgan fingerprint density at radius 2 is 2.10 bits per heavy atom. The summed E-state index contributed by atoms with van der Waals surface area (Å²) in [6, 6.07) is 8.93. The summed E-state index contributed by atoms with van der Waals surface area (Å²) in [5.74, 6) is -0.706. The van der Waals surface area contributed by atoms with Crippen LogP contribution in [0.25, 0.3) is 0 Å². The number of halogens is 1. The van der Waals surface area contributed by atoms with Crippen molar-refractivity contribution in [3.05, 3.63) is 34.9 Å². The van der Waals surface area contributed by atoms with Crippen LogP contribution in [-0.4, -0.2) is 28.6 Å². The number of aliphatic carboxylic acids is 1. The first-order valence-corrected chi connectivity index (χ1v) is 7.69. The predicted molar refractivity (Wildman–Crippen MR) is 81.1 cm³/mol. The Labute approximate surface area is 125 Å². The number of rotatable bonds is 8. The van der Waals surface area contributed by atoms with E-state index >= 15 is 0 Å². The molecule has 20 heavy (non-hydrogen) atoms. The molecule has 0 aromatic heterocycles.